The molecule has 214 valence electrons. The summed E-state index contributed by atoms with van der Waals surface area (Å²) in [5.41, 5.74) is 1.04. The number of carboxylic acids is 1. The molecule has 0 spiro atoms. The van der Waals surface area contributed by atoms with Crippen LogP contribution in [0.2, 0.25) is 0 Å². The summed E-state index contributed by atoms with van der Waals surface area (Å²) in [7, 11) is 1.56. The van der Waals surface area contributed by atoms with Gasteiger partial charge in [0.15, 0.2) is 0 Å². The van der Waals surface area contributed by atoms with Gasteiger partial charge in [-0.2, -0.15) is 0 Å². The van der Waals surface area contributed by atoms with Crippen LogP contribution < -0.4 is 16.6 Å². The number of aryl methyl sites for hydroxylation is 1. The van der Waals surface area contributed by atoms with Crippen LogP contribution in [0.3, 0.4) is 0 Å². The molecule has 2 heterocycles. The number of nitrogens with zero attached hydrogens (tertiary/aromatic N) is 3. The molecule has 0 fully saturated rings. The van der Waals surface area contributed by atoms with Crippen molar-refractivity contribution in [2.45, 2.75) is 38.6 Å². The minimum atomic E-state index is -1.25. The first-order valence-corrected chi connectivity index (χ1v) is 14.2. The average Bonchev–Trinajstić information content (AvgIpc) is 3.42. The van der Waals surface area contributed by atoms with Crippen LogP contribution in [0, 0.1) is 0 Å². The molecule has 2 N–H and O–H groups in total. The van der Waals surface area contributed by atoms with Crippen molar-refractivity contribution in [2.24, 2.45) is 7.05 Å². The van der Waals surface area contributed by atoms with Gasteiger partial charge in [0.1, 0.15) is 10.9 Å². The van der Waals surface area contributed by atoms with E-state index in [2.05, 4.69) is 5.32 Å². The van der Waals surface area contributed by atoms with Gasteiger partial charge in [-0.25, -0.2) is 19.1 Å². The van der Waals surface area contributed by atoms with Gasteiger partial charge in [0.2, 0.25) is 0 Å². The zero-order valence-corrected chi connectivity index (χ0v) is 24.4. The molecule has 5 aromatic rings. The van der Waals surface area contributed by atoms with Crippen molar-refractivity contribution in [1.29, 1.82) is 0 Å². The summed E-state index contributed by atoms with van der Waals surface area (Å²) in [5.74, 6) is -1.71. The normalized spacial score (nSPS) is 12.3. The Morgan fingerprint density at radius 3 is 2.33 bits per heavy atom. The molecule has 10 heteroatoms. The number of rotatable bonds is 7. The second-order valence-electron chi connectivity index (χ2n) is 11.1. The third-order valence-electron chi connectivity index (χ3n) is 6.93. The van der Waals surface area contributed by atoms with Crippen LogP contribution in [-0.2, 0) is 23.7 Å². The van der Waals surface area contributed by atoms with E-state index in [1.165, 1.54) is 28.2 Å². The van der Waals surface area contributed by atoms with Crippen LogP contribution in [0.25, 0.3) is 27.7 Å². The number of carbonyl (C=O) groups excluding carboxylic acids is 1. The first-order chi connectivity index (χ1) is 20.0. The Morgan fingerprint density at radius 1 is 0.952 bits per heavy atom. The van der Waals surface area contributed by atoms with Gasteiger partial charge < -0.3 is 15.0 Å². The Kier molecular flexibility index (Phi) is 7.66. The van der Waals surface area contributed by atoms with Crippen LogP contribution in [0.1, 0.15) is 41.0 Å². The maximum atomic E-state index is 13.6. The number of aliphatic carboxylic acids is 1. The fourth-order valence-corrected chi connectivity index (χ4v) is 5.80. The highest BCUT2D eigenvalue weighted by Crippen LogP contribution is 2.34. The van der Waals surface area contributed by atoms with Crippen molar-refractivity contribution in [3.63, 3.8) is 0 Å². The van der Waals surface area contributed by atoms with Crippen LogP contribution in [0.15, 0.2) is 88.6 Å². The molecule has 0 bridgehead atoms. The number of aromatic nitrogens is 3. The molecule has 9 nitrogen and oxygen atoms in total. The van der Waals surface area contributed by atoms with Crippen molar-refractivity contribution in [2.75, 3.05) is 0 Å². The molecule has 1 amide bonds. The number of hydrogen-bond acceptors (Lipinski definition) is 6. The fourth-order valence-electron chi connectivity index (χ4n) is 4.75. The van der Waals surface area contributed by atoms with Crippen molar-refractivity contribution in [1.82, 2.24) is 19.4 Å². The summed E-state index contributed by atoms with van der Waals surface area (Å²) in [4.78, 5) is 56.6. The Balaban J connectivity index is 1.52. The van der Waals surface area contributed by atoms with Crippen molar-refractivity contribution < 1.29 is 14.7 Å². The Labute approximate surface area is 245 Å². The van der Waals surface area contributed by atoms with Crippen molar-refractivity contribution >= 4 is 34.0 Å². The second-order valence-corrected chi connectivity index (χ2v) is 12.1. The molecule has 5 rings (SSSR count). The maximum absolute atomic E-state index is 13.6. The minimum absolute atomic E-state index is 0.0187. The van der Waals surface area contributed by atoms with Crippen molar-refractivity contribution in [3.8, 4) is 16.9 Å². The van der Waals surface area contributed by atoms with E-state index in [-0.39, 0.29) is 11.8 Å². The maximum Gasteiger partial charge on any atom is 0.335 e. The first kappa shape index (κ1) is 28.7. The number of fused-ring (bicyclic) bond motifs is 1. The van der Waals surface area contributed by atoms with Crippen molar-refractivity contribution in [3.05, 3.63) is 115 Å². The van der Waals surface area contributed by atoms with Gasteiger partial charge in [-0.05, 0) is 17.0 Å². The van der Waals surface area contributed by atoms with Gasteiger partial charge in [-0.3, -0.25) is 9.59 Å². The van der Waals surface area contributed by atoms with Gasteiger partial charge in [0, 0.05) is 42.1 Å². The highest BCUT2D eigenvalue weighted by Gasteiger charge is 2.29. The lowest BCUT2D eigenvalue weighted by Gasteiger charge is -2.17. The van der Waals surface area contributed by atoms with Crippen LogP contribution in [-0.4, -0.2) is 37.1 Å². The number of carboxylic acid groups (broad SMARTS) is 1. The Hall–Kier alpha value is -4.83. The predicted octanol–water partition coefficient (Wildman–Crippen LogP) is 4.54. The Bertz CT molecular complexity index is 1930. The van der Waals surface area contributed by atoms with E-state index in [4.69, 9.17) is 4.98 Å². The van der Waals surface area contributed by atoms with E-state index in [0.29, 0.717) is 32.6 Å². The SMILES string of the molecule is Cn1ccc(=O)n(-c2cccc3c(C[C@H](NC(=O)c4sc(C(C)(C)C)nc4-c4ccccc4)C(=O)O)cccc23)c1=O. The number of nitrogens with one attached hydrogen (secondary N) is 1. The molecular weight excluding hydrogens is 552 g/mol. The first-order valence-electron chi connectivity index (χ1n) is 13.4. The molecule has 0 saturated heterocycles. The Morgan fingerprint density at radius 2 is 1.64 bits per heavy atom. The largest absolute Gasteiger partial charge is 0.480 e. The van der Waals surface area contributed by atoms with Gasteiger partial charge in [-0.1, -0.05) is 81.4 Å². The number of carbonyl (C=O) groups is 2. The smallest absolute Gasteiger partial charge is 0.335 e. The van der Waals surface area contributed by atoms with E-state index < -0.39 is 29.2 Å². The molecule has 2 aromatic heterocycles. The summed E-state index contributed by atoms with van der Waals surface area (Å²) in [6, 6.07) is 19.9. The van der Waals surface area contributed by atoms with Crippen LogP contribution in [0.5, 0.6) is 0 Å². The highest BCUT2D eigenvalue weighted by atomic mass is 32.1. The third-order valence-corrected chi connectivity index (χ3v) is 8.41. The average molecular weight is 583 g/mol. The quantitative estimate of drug-likeness (QED) is 0.291. The molecule has 0 aliphatic heterocycles. The lowest BCUT2D eigenvalue weighted by molar-refractivity contribution is -0.139. The second kappa shape index (κ2) is 11.2. The van der Waals surface area contributed by atoms with E-state index in [9.17, 15) is 24.3 Å². The van der Waals surface area contributed by atoms with Crippen LogP contribution >= 0.6 is 11.3 Å². The van der Waals surface area contributed by atoms with E-state index in [0.717, 1.165) is 15.1 Å². The molecule has 0 saturated carbocycles. The van der Waals surface area contributed by atoms with Crippen LogP contribution in [0.4, 0.5) is 0 Å². The van der Waals surface area contributed by atoms with Gasteiger partial charge >= 0.3 is 11.7 Å². The standard InChI is InChI=1S/C32H30N4O5S/c1-32(2,3)30-34-26(19-10-6-5-7-11-19)27(42-30)28(38)33-23(29(39)40)18-20-12-8-14-22-21(20)13-9-15-24(22)36-25(37)16-17-35(4)31(36)41/h5-17,23H,18H2,1-4H3,(H,33,38)(H,39,40)/t23-/m0/s1. The number of amides is 1. The number of thiazole rings is 1. The van der Waals surface area contributed by atoms with Gasteiger partial charge in [0.25, 0.3) is 11.5 Å². The fraction of sp³-hybridized carbons (Fsp3) is 0.219. The van der Waals surface area contributed by atoms with E-state index in [1.807, 2.05) is 51.1 Å². The molecule has 0 radical (unpaired) electrons. The van der Waals surface area contributed by atoms with E-state index in [1.54, 1.807) is 43.4 Å². The number of hydrogen-bond donors (Lipinski definition) is 2. The number of benzene rings is 3. The summed E-state index contributed by atoms with van der Waals surface area (Å²) in [6.07, 6.45) is 1.39. The minimum Gasteiger partial charge on any atom is -0.480 e. The predicted molar refractivity (Wildman–Crippen MR) is 164 cm³/mol. The van der Waals surface area contributed by atoms with Gasteiger partial charge in [0.05, 0.1) is 16.4 Å². The molecule has 0 aliphatic rings. The zero-order valence-electron chi connectivity index (χ0n) is 23.6. The third kappa shape index (κ3) is 5.53. The molecule has 0 unspecified atom stereocenters. The lowest BCUT2D eigenvalue weighted by atomic mass is 9.97. The molecular formula is C32H30N4O5S. The summed E-state index contributed by atoms with van der Waals surface area (Å²) < 4.78 is 2.40. The van der Waals surface area contributed by atoms with Gasteiger partial charge in [-0.15, -0.1) is 11.3 Å². The molecule has 0 aliphatic carbocycles. The molecule has 3 aromatic carbocycles. The lowest BCUT2D eigenvalue weighted by Crippen LogP contribution is -2.42. The molecule has 1 atom stereocenters. The highest BCUT2D eigenvalue weighted by molar-refractivity contribution is 7.14. The summed E-state index contributed by atoms with van der Waals surface area (Å²) in [6.45, 7) is 6.03. The summed E-state index contributed by atoms with van der Waals surface area (Å²) >= 11 is 1.26. The topological polar surface area (TPSA) is 123 Å². The molecule has 42 heavy (non-hydrogen) atoms. The zero-order chi connectivity index (χ0) is 30.2. The van der Waals surface area contributed by atoms with E-state index >= 15 is 0 Å². The monoisotopic (exact) mass is 582 g/mol. The summed E-state index contributed by atoms with van der Waals surface area (Å²) in [5, 5.41) is 14.9.